The lowest BCUT2D eigenvalue weighted by Gasteiger charge is -2.22. The third-order valence-electron chi connectivity index (χ3n) is 4.59. The molecule has 2 aromatic rings. The number of benzene rings is 1. The van der Waals surface area contributed by atoms with Crippen LogP contribution in [0.25, 0.3) is 0 Å². The average molecular weight is 400 g/mol. The van der Waals surface area contributed by atoms with Crippen molar-refractivity contribution in [3.63, 3.8) is 0 Å². The number of nitro benzene ring substituents is 1. The van der Waals surface area contributed by atoms with Gasteiger partial charge in [-0.1, -0.05) is 12.1 Å². The van der Waals surface area contributed by atoms with Crippen LogP contribution in [0.2, 0.25) is 0 Å². The zero-order chi connectivity index (χ0) is 21.0. The van der Waals surface area contributed by atoms with E-state index in [2.05, 4.69) is 10.3 Å². The third kappa shape index (κ3) is 4.16. The van der Waals surface area contributed by atoms with Crippen LogP contribution in [0.15, 0.2) is 42.6 Å². The summed E-state index contributed by atoms with van der Waals surface area (Å²) in [4.78, 5) is 41.2. The van der Waals surface area contributed by atoms with Crippen LogP contribution in [0.1, 0.15) is 18.1 Å². The zero-order valence-electron chi connectivity index (χ0n) is 16.0. The highest BCUT2D eigenvalue weighted by Crippen LogP contribution is 2.31. The number of pyridine rings is 1. The highest BCUT2D eigenvalue weighted by Gasteiger charge is 2.49. The number of nitrogens with zero attached hydrogens (tertiary/aromatic N) is 3. The van der Waals surface area contributed by atoms with Crippen LogP contribution < -0.4 is 10.1 Å². The van der Waals surface area contributed by atoms with Crippen molar-refractivity contribution in [2.24, 2.45) is 0 Å². The van der Waals surface area contributed by atoms with Gasteiger partial charge in [-0.05, 0) is 24.1 Å². The molecule has 152 valence electrons. The molecule has 1 aliphatic rings. The Kier molecular flexibility index (Phi) is 5.74. The number of carbonyl (C=O) groups excluding carboxylic acids is 2. The monoisotopic (exact) mass is 400 g/mol. The number of nitrogens with one attached hydrogen (secondary N) is 1. The van der Waals surface area contributed by atoms with E-state index in [1.807, 2.05) is 0 Å². The molecule has 0 bridgehead atoms. The van der Waals surface area contributed by atoms with Crippen molar-refractivity contribution in [1.29, 1.82) is 0 Å². The normalized spacial score (nSPS) is 18.6. The second-order valence-corrected chi connectivity index (χ2v) is 6.60. The number of imide groups is 1. The minimum absolute atomic E-state index is 0.0122. The summed E-state index contributed by atoms with van der Waals surface area (Å²) in [5, 5.41) is 13.7. The maximum atomic E-state index is 13.0. The lowest BCUT2D eigenvalue weighted by atomic mass is 9.91. The summed E-state index contributed by atoms with van der Waals surface area (Å²) < 4.78 is 10.4. The lowest BCUT2D eigenvalue weighted by molar-refractivity contribution is -0.385. The predicted molar refractivity (Wildman–Crippen MR) is 101 cm³/mol. The van der Waals surface area contributed by atoms with E-state index >= 15 is 0 Å². The fraction of sp³-hybridized carbons (Fsp3) is 0.316. The summed E-state index contributed by atoms with van der Waals surface area (Å²) in [6.07, 6.45) is 1.52. The van der Waals surface area contributed by atoms with Crippen molar-refractivity contribution in [2.45, 2.75) is 19.0 Å². The van der Waals surface area contributed by atoms with E-state index in [1.54, 1.807) is 25.3 Å². The number of nitro groups is 1. The second kappa shape index (κ2) is 8.23. The van der Waals surface area contributed by atoms with Gasteiger partial charge >= 0.3 is 6.03 Å². The molecule has 10 nitrogen and oxygen atoms in total. The molecule has 0 saturated carbocycles. The molecule has 3 amide bonds. The van der Waals surface area contributed by atoms with E-state index in [0.717, 1.165) is 4.90 Å². The summed E-state index contributed by atoms with van der Waals surface area (Å²) in [6, 6.07) is 8.40. The van der Waals surface area contributed by atoms with Crippen LogP contribution in [0.5, 0.6) is 5.88 Å². The summed E-state index contributed by atoms with van der Waals surface area (Å²) in [7, 11) is 1.56. The molecule has 29 heavy (non-hydrogen) atoms. The van der Waals surface area contributed by atoms with Gasteiger partial charge in [-0.3, -0.25) is 19.8 Å². The van der Waals surface area contributed by atoms with Crippen molar-refractivity contribution < 1.29 is 24.0 Å². The van der Waals surface area contributed by atoms with E-state index < -0.39 is 22.4 Å². The van der Waals surface area contributed by atoms with Gasteiger partial charge in [0.15, 0.2) is 0 Å². The SMILES string of the molecule is COCCOc1cc(CN2C(=O)NC(C)(c3cccc([N+](=O)[O-])c3)C2=O)ccn1. The molecule has 1 aromatic carbocycles. The number of methoxy groups -OCH3 is 1. The summed E-state index contributed by atoms with van der Waals surface area (Å²) in [6.45, 7) is 2.26. The number of aromatic nitrogens is 1. The fourth-order valence-electron chi connectivity index (χ4n) is 3.01. The summed E-state index contributed by atoms with van der Waals surface area (Å²) in [5.74, 6) is -0.144. The largest absolute Gasteiger partial charge is 0.475 e. The maximum Gasteiger partial charge on any atom is 0.325 e. The molecule has 0 aliphatic carbocycles. The Morgan fingerprint density at radius 2 is 2.03 bits per heavy atom. The predicted octanol–water partition coefficient (Wildman–Crippen LogP) is 1.98. The van der Waals surface area contributed by atoms with Gasteiger partial charge in [-0.25, -0.2) is 9.78 Å². The smallest absolute Gasteiger partial charge is 0.325 e. The van der Waals surface area contributed by atoms with E-state index in [9.17, 15) is 19.7 Å². The molecule has 1 unspecified atom stereocenters. The minimum atomic E-state index is -1.39. The first-order valence-corrected chi connectivity index (χ1v) is 8.81. The molecule has 3 rings (SSSR count). The number of hydrogen-bond donors (Lipinski definition) is 1. The average Bonchev–Trinajstić information content (AvgIpc) is 2.93. The van der Waals surface area contributed by atoms with Gasteiger partial charge < -0.3 is 14.8 Å². The molecule has 0 spiro atoms. The first-order chi connectivity index (χ1) is 13.8. The van der Waals surface area contributed by atoms with Gasteiger partial charge in [0.25, 0.3) is 11.6 Å². The molecule has 1 saturated heterocycles. The number of hydrogen-bond acceptors (Lipinski definition) is 7. The second-order valence-electron chi connectivity index (χ2n) is 6.60. The standard InChI is InChI=1S/C19H20N4O6/c1-19(14-4-3-5-15(11-14)23(26)27)17(24)22(18(25)21-19)12-13-6-7-20-16(10-13)29-9-8-28-2/h3-7,10-11H,8-9,12H2,1-2H3,(H,21,25). The molecule has 1 fully saturated rings. The van der Waals surface area contributed by atoms with E-state index in [4.69, 9.17) is 9.47 Å². The van der Waals surface area contributed by atoms with E-state index in [-0.39, 0.29) is 12.2 Å². The maximum absolute atomic E-state index is 13.0. The van der Waals surface area contributed by atoms with Crippen LogP contribution in [0.4, 0.5) is 10.5 Å². The topological polar surface area (TPSA) is 124 Å². The van der Waals surface area contributed by atoms with Crippen molar-refractivity contribution in [3.05, 3.63) is 63.8 Å². The highest BCUT2D eigenvalue weighted by atomic mass is 16.6. The van der Waals surface area contributed by atoms with Gasteiger partial charge in [-0.2, -0.15) is 0 Å². The Bertz CT molecular complexity index is 950. The highest BCUT2D eigenvalue weighted by molar-refractivity contribution is 6.07. The lowest BCUT2D eigenvalue weighted by Crippen LogP contribution is -2.40. The molecule has 1 atom stereocenters. The Morgan fingerprint density at radius 1 is 1.24 bits per heavy atom. The molecule has 10 heteroatoms. The van der Waals surface area contributed by atoms with Crippen molar-refractivity contribution in [3.8, 4) is 5.88 Å². The minimum Gasteiger partial charge on any atom is -0.475 e. The number of amides is 3. The molecular formula is C19H20N4O6. The van der Waals surface area contributed by atoms with Gasteiger partial charge in [0.2, 0.25) is 5.88 Å². The van der Waals surface area contributed by atoms with Crippen LogP contribution in [-0.2, 0) is 21.6 Å². The summed E-state index contributed by atoms with van der Waals surface area (Å²) >= 11 is 0. The van der Waals surface area contributed by atoms with Crippen LogP contribution in [-0.4, -0.2) is 47.1 Å². The van der Waals surface area contributed by atoms with Gasteiger partial charge in [0, 0.05) is 31.5 Å². The number of non-ortho nitro benzene ring substituents is 1. The van der Waals surface area contributed by atoms with Crippen LogP contribution in [0, 0.1) is 10.1 Å². The molecule has 1 aromatic heterocycles. The van der Waals surface area contributed by atoms with Gasteiger partial charge in [0.05, 0.1) is 18.1 Å². The van der Waals surface area contributed by atoms with Gasteiger partial charge in [0.1, 0.15) is 12.1 Å². The summed E-state index contributed by atoms with van der Waals surface area (Å²) in [5.41, 5.74) is -0.560. The van der Waals surface area contributed by atoms with Gasteiger partial charge in [-0.15, -0.1) is 0 Å². The Hall–Kier alpha value is -3.53. The number of carbonyl (C=O) groups is 2. The number of ether oxygens (including phenoxy) is 2. The quantitative estimate of drug-likeness (QED) is 0.311. The first-order valence-electron chi connectivity index (χ1n) is 8.81. The van der Waals surface area contributed by atoms with Crippen molar-refractivity contribution >= 4 is 17.6 Å². The third-order valence-corrected chi connectivity index (χ3v) is 4.59. The molecule has 0 radical (unpaired) electrons. The van der Waals surface area contributed by atoms with E-state index in [1.165, 1.54) is 31.3 Å². The molecule has 2 heterocycles. The van der Waals surface area contributed by atoms with Crippen LogP contribution >= 0.6 is 0 Å². The van der Waals surface area contributed by atoms with E-state index in [0.29, 0.717) is 30.2 Å². The Balaban J connectivity index is 1.80. The molecular weight excluding hydrogens is 380 g/mol. The van der Waals surface area contributed by atoms with Crippen molar-refractivity contribution in [2.75, 3.05) is 20.3 Å². The van der Waals surface area contributed by atoms with Crippen LogP contribution in [0.3, 0.4) is 0 Å². The zero-order valence-corrected chi connectivity index (χ0v) is 16.0. The molecule has 1 N–H and O–H groups in total. The Morgan fingerprint density at radius 3 is 2.76 bits per heavy atom. The number of rotatable bonds is 8. The number of urea groups is 1. The fourth-order valence-corrected chi connectivity index (χ4v) is 3.01. The molecule has 1 aliphatic heterocycles. The van der Waals surface area contributed by atoms with Crippen molar-refractivity contribution in [1.82, 2.24) is 15.2 Å². The first kappa shape index (κ1) is 20.2. The Labute approximate surface area is 166 Å².